The van der Waals surface area contributed by atoms with E-state index in [1.54, 1.807) is 24.3 Å². The quantitative estimate of drug-likeness (QED) is 0.683. The first-order valence-corrected chi connectivity index (χ1v) is 8.92. The molecule has 0 radical (unpaired) electrons. The smallest absolute Gasteiger partial charge is 0.325 e. The largest absolute Gasteiger partial charge is 0.494 e. The minimum atomic E-state index is -0.699. The van der Waals surface area contributed by atoms with Gasteiger partial charge < -0.3 is 20.1 Å². The second-order valence-electron chi connectivity index (χ2n) is 6.23. The molecule has 0 spiro atoms. The number of amides is 2. The van der Waals surface area contributed by atoms with Crippen LogP contribution in [0.1, 0.15) is 28.4 Å². The van der Waals surface area contributed by atoms with Gasteiger partial charge in [-0.15, -0.1) is 0 Å². The molecule has 0 aromatic heterocycles. The molecule has 0 heterocycles. The average Bonchev–Trinajstić information content (AvgIpc) is 2.64. The van der Waals surface area contributed by atoms with E-state index in [4.69, 9.17) is 9.47 Å². The summed E-state index contributed by atoms with van der Waals surface area (Å²) in [7, 11) is 0. The first-order valence-electron chi connectivity index (χ1n) is 8.92. The van der Waals surface area contributed by atoms with E-state index in [9.17, 15) is 14.4 Å². The minimum absolute atomic E-state index is 0.330. The van der Waals surface area contributed by atoms with Crippen LogP contribution in [0.2, 0.25) is 0 Å². The number of anilines is 1. The van der Waals surface area contributed by atoms with Crippen molar-refractivity contribution < 1.29 is 23.9 Å². The number of rotatable bonds is 8. The highest BCUT2D eigenvalue weighted by molar-refractivity contribution is 5.96. The molecule has 2 aromatic rings. The third kappa shape index (κ3) is 6.75. The van der Waals surface area contributed by atoms with Gasteiger partial charge in [0.1, 0.15) is 12.3 Å². The molecule has 0 unspecified atom stereocenters. The number of carbonyl (C=O) groups excluding carboxylic acids is 3. The number of hydrogen-bond donors (Lipinski definition) is 2. The molecule has 0 saturated heterocycles. The van der Waals surface area contributed by atoms with Crippen molar-refractivity contribution in [2.45, 2.75) is 20.8 Å². The van der Waals surface area contributed by atoms with E-state index in [-0.39, 0.29) is 6.54 Å². The molecule has 2 N–H and O–H groups in total. The summed E-state index contributed by atoms with van der Waals surface area (Å²) >= 11 is 0. The monoisotopic (exact) mass is 384 g/mol. The summed E-state index contributed by atoms with van der Waals surface area (Å²) in [5.74, 6) is -0.904. The topological polar surface area (TPSA) is 93.7 Å². The highest BCUT2D eigenvalue weighted by Crippen LogP contribution is 2.14. The van der Waals surface area contributed by atoms with Gasteiger partial charge in [-0.1, -0.05) is 6.07 Å². The van der Waals surface area contributed by atoms with Crippen LogP contribution in [0.15, 0.2) is 42.5 Å². The normalized spacial score (nSPS) is 10.1. The number of aryl methyl sites for hydroxylation is 2. The summed E-state index contributed by atoms with van der Waals surface area (Å²) in [6.07, 6.45) is 0. The van der Waals surface area contributed by atoms with Gasteiger partial charge in [-0.2, -0.15) is 0 Å². The molecule has 0 saturated carbocycles. The standard InChI is InChI=1S/C21H24N2O5/c1-4-27-18-7-5-16(6-8-18)21(26)22-12-20(25)28-13-19(24)23-17-10-14(2)9-15(3)11-17/h5-11H,4,12-13H2,1-3H3,(H,22,26)(H,23,24). The van der Waals surface area contributed by atoms with E-state index in [1.165, 1.54) is 0 Å². The molecular formula is C21H24N2O5. The zero-order chi connectivity index (χ0) is 20.5. The second-order valence-corrected chi connectivity index (χ2v) is 6.23. The molecule has 0 fully saturated rings. The van der Waals surface area contributed by atoms with Gasteiger partial charge in [0.15, 0.2) is 6.61 Å². The molecule has 7 nitrogen and oxygen atoms in total. The lowest BCUT2D eigenvalue weighted by atomic mass is 10.1. The summed E-state index contributed by atoms with van der Waals surface area (Å²) in [6.45, 7) is 5.50. The second kappa shape index (κ2) is 10.1. The lowest BCUT2D eigenvalue weighted by molar-refractivity contribution is -0.146. The number of esters is 1. The fraction of sp³-hybridized carbons (Fsp3) is 0.286. The Labute approximate surface area is 164 Å². The Hall–Kier alpha value is -3.35. The predicted molar refractivity (Wildman–Crippen MR) is 105 cm³/mol. The third-order valence-corrected chi connectivity index (χ3v) is 3.69. The number of ether oxygens (including phenoxy) is 2. The van der Waals surface area contributed by atoms with Crippen molar-refractivity contribution in [3.05, 3.63) is 59.2 Å². The van der Waals surface area contributed by atoms with Gasteiger partial charge in [0.05, 0.1) is 6.61 Å². The van der Waals surface area contributed by atoms with Crippen LogP contribution in [0.3, 0.4) is 0 Å². The Kier molecular flexibility index (Phi) is 7.56. The fourth-order valence-corrected chi connectivity index (χ4v) is 2.56. The van der Waals surface area contributed by atoms with E-state index in [1.807, 2.05) is 39.0 Å². The van der Waals surface area contributed by atoms with Gasteiger partial charge in [0, 0.05) is 11.3 Å². The van der Waals surface area contributed by atoms with Crippen LogP contribution in [0.4, 0.5) is 5.69 Å². The summed E-state index contributed by atoms with van der Waals surface area (Å²) in [5, 5.41) is 5.12. The van der Waals surface area contributed by atoms with Crippen molar-refractivity contribution in [1.82, 2.24) is 5.32 Å². The molecule has 0 aliphatic carbocycles. The van der Waals surface area contributed by atoms with Gasteiger partial charge in [-0.3, -0.25) is 14.4 Å². The highest BCUT2D eigenvalue weighted by atomic mass is 16.5. The fourth-order valence-electron chi connectivity index (χ4n) is 2.56. The van der Waals surface area contributed by atoms with Crippen molar-refractivity contribution >= 4 is 23.5 Å². The van der Waals surface area contributed by atoms with Gasteiger partial charge in [-0.05, 0) is 68.3 Å². The van der Waals surface area contributed by atoms with Crippen LogP contribution in [0, 0.1) is 13.8 Å². The Morgan fingerprint density at radius 3 is 2.21 bits per heavy atom. The van der Waals surface area contributed by atoms with Crippen molar-refractivity contribution in [3.8, 4) is 5.75 Å². The summed E-state index contributed by atoms with van der Waals surface area (Å²) < 4.78 is 10.2. The summed E-state index contributed by atoms with van der Waals surface area (Å²) in [6, 6.07) is 12.2. The van der Waals surface area contributed by atoms with Crippen molar-refractivity contribution in [1.29, 1.82) is 0 Å². The first kappa shape index (κ1) is 21.0. The zero-order valence-corrected chi connectivity index (χ0v) is 16.2. The average molecular weight is 384 g/mol. The van der Waals surface area contributed by atoms with Gasteiger partial charge in [0.25, 0.3) is 11.8 Å². The molecule has 0 bridgehead atoms. The highest BCUT2D eigenvalue weighted by Gasteiger charge is 2.11. The molecule has 0 atom stereocenters. The van der Waals surface area contributed by atoms with E-state index in [2.05, 4.69) is 10.6 Å². The van der Waals surface area contributed by atoms with E-state index < -0.39 is 24.4 Å². The first-order chi connectivity index (χ1) is 13.4. The molecule has 2 rings (SSSR count). The summed E-state index contributed by atoms with van der Waals surface area (Å²) in [4.78, 5) is 35.7. The minimum Gasteiger partial charge on any atom is -0.494 e. The lowest BCUT2D eigenvalue weighted by Crippen LogP contribution is -2.32. The zero-order valence-electron chi connectivity index (χ0n) is 16.2. The van der Waals surface area contributed by atoms with Crippen molar-refractivity contribution in [2.75, 3.05) is 25.1 Å². The lowest BCUT2D eigenvalue weighted by Gasteiger charge is -2.09. The molecule has 7 heteroatoms. The molecule has 2 amide bonds. The van der Waals surface area contributed by atoms with E-state index in [0.717, 1.165) is 11.1 Å². The van der Waals surface area contributed by atoms with Crippen LogP contribution in [-0.4, -0.2) is 37.5 Å². The van der Waals surface area contributed by atoms with Gasteiger partial charge >= 0.3 is 5.97 Å². The Balaban J connectivity index is 1.74. The Bertz CT molecular complexity index is 826. The van der Waals surface area contributed by atoms with Crippen molar-refractivity contribution in [2.24, 2.45) is 0 Å². The van der Waals surface area contributed by atoms with Crippen LogP contribution >= 0.6 is 0 Å². The van der Waals surface area contributed by atoms with Gasteiger partial charge in [0.2, 0.25) is 0 Å². The number of nitrogens with one attached hydrogen (secondary N) is 2. The number of benzene rings is 2. The molecule has 28 heavy (non-hydrogen) atoms. The SMILES string of the molecule is CCOc1ccc(C(=O)NCC(=O)OCC(=O)Nc2cc(C)cc(C)c2)cc1. The van der Waals surface area contributed by atoms with Gasteiger partial charge in [-0.25, -0.2) is 0 Å². The Morgan fingerprint density at radius 2 is 1.61 bits per heavy atom. The Morgan fingerprint density at radius 1 is 0.964 bits per heavy atom. The summed E-state index contributed by atoms with van der Waals surface area (Å²) in [5.41, 5.74) is 3.07. The maximum absolute atomic E-state index is 12.0. The molecule has 0 aliphatic rings. The third-order valence-electron chi connectivity index (χ3n) is 3.69. The molecule has 2 aromatic carbocycles. The predicted octanol–water partition coefficient (Wildman–Crippen LogP) is 2.61. The van der Waals surface area contributed by atoms with Crippen LogP contribution in [0.25, 0.3) is 0 Å². The number of hydrogen-bond acceptors (Lipinski definition) is 5. The maximum atomic E-state index is 12.0. The van der Waals surface area contributed by atoms with E-state index >= 15 is 0 Å². The van der Waals surface area contributed by atoms with Crippen LogP contribution in [0.5, 0.6) is 5.75 Å². The number of carbonyl (C=O) groups is 3. The van der Waals surface area contributed by atoms with E-state index in [0.29, 0.717) is 23.6 Å². The van der Waals surface area contributed by atoms with Crippen LogP contribution in [-0.2, 0) is 14.3 Å². The maximum Gasteiger partial charge on any atom is 0.325 e. The molecule has 148 valence electrons. The van der Waals surface area contributed by atoms with Crippen molar-refractivity contribution in [3.63, 3.8) is 0 Å². The molecule has 0 aliphatic heterocycles. The van der Waals surface area contributed by atoms with Crippen LogP contribution < -0.4 is 15.4 Å². The molecular weight excluding hydrogens is 360 g/mol.